The summed E-state index contributed by atoms with van der Waals surface area (Å²) in [7, 11) is 0. The molecule has 1 N–H and O–H groups in total. The molecule has 1 aliphatic carbocycles. The van der Waals surface area contributed by atoms with Gasteiger partial charge in [0.15, 0.2) is 0 Å². The first-order valence-corrected chi connectivity index (χ1v) is 8.08. The van der Waals surface area contributed by atoms with Gasteiger partial charge in [-0.2, -0.15) is 0 Å². The molecule has 18 heavy (non-hydrogen) atoms. The van der Waals surface area contributed by atoms with E-state index in [-0.39, 0.29) is 0 Å². The number of piperidine rings is 1. The van der Waals surface area contributed by atoms with Crippen LogP contribution < -0.4 is 5.32 Å². The standard InChI is InChI=1S/C15H29N3/c1-2-14(11-16-13-6-7-13)18-10-9-17-8-4-3-5-15(17)12-18/h13-16H,2-12H2,1H3. The number of nitrogens with zero attached hydrogens (tertiary/aromatic N) is 2. The fourth-order valence-corrected chi connectivity index (χ4v) is 3.63. The monoisotopic (exact) mass is 251 g/mol. The van der Waals surface area contributed by atoms with Crippen LogP contribution in [0.4, 0.5) is 0 Å². The fourth-order valence-electron chi connectivity index (χ4n) is 3.63. The molecule has 2 saturated heterocycles. The van der Waals surface area contributed by atoms with Crippen molar-refractivity contribution in [3.05, 3.63) is 0 Å². The van der Waals surface area contributed by atoms with E-state index in [0.717, 1.165) is 18.1 Å². The molecular formula is C15H29N3. The predicted octanol–water partition coefficient (Wildman–Crippen LogP) is 1.69. The van der Waals surface area contributed by atoms with Crippen LogP contribution in [0.3, 0.4) is 0 Å². The van der Waals surface area contributed by atoms with Gasteiger partial charge >= 0.3 is 0 Å². The van der Waals surface area contributed by atoms with E-state index in [1.807, 2.05) is 0 Å². The van der Waals surface area contributed by atoms with Gasteiger partial charge in [-0.05, 0) is 38.6 Å². The Morgan fingerprint density at radius 2 is 2.00 bits per heavy atom. The lowest BCUT2D eigenvalue weighted by Crippen LogP contribution is -2.58. The van der Waals surface area contributed by atoms with Crippen molar-refractivity contribution in [1.82, 2.24) is 15.1 Å². The molecular weight excluding hydrogens is 222 g/mol. The largest absolute Gasteiger partial charge is 0.312 e. The third-order valence-corrected chi connectivity index (χ3v) is 5.08. The second-order valence-corrected chi connectivity index (χ2v) is 6.43. The Morgan fingerprint density at radius 1 is 1.11 bits per heavy atom. The van der Waals surface area contributed by atoms with Gasteiger partial charge < -0.3 is 5.32 Å². The van der Waals surface area contributed by atoms with Gasteiger partial charge in [-0.25, -0.2) is 0 Å². The van der Waals surface area contributed by atoms with Crippen molar-refractivity contribution in [2.24, 2.45) is 0 Å². The molecule has 2 aliphatic heterocycles. The summed E-state index contributed by atoms with van der Waals surface area (Å²) >= 11 is 0. The van der Waals surface area contributed by atoms with Gasteiger partial charge in [0.05, 0.1) is 0 Å². The molecule has 0 aromatic heterocycles. The van der Waals surface area contributed by atoms with E-state index >= 15 is 0 Å². The van der Waals surface area contributed by atoms with Crippen LogP contribution in [0.15, 0.2) is 0 Å². The predicted molar refractivity (Wildman–Crippen MR) is 75.9 cm³/mol. The molecule has 0 radical (unpaired) electrons. The van der Waals surface area contributed by atoms with E-state index in [0.29, 0.717) is 0 Å². The lowest BCUT2D eigenvalue weighted by molar-refractivity contribution is 0.0263. The lowest BCUT2D eigenvalue weighted by Gasteiger charge is -2.46. The number of hydrogen-bond donors (Lipinski definition) is 1. The molecule has 3 heteroatoms. The molecule has 2 heterocycles. The highest BCUT2D eigenvalue weighted by Gasteiger charge is 2.32. The molecule has 3 fully saturated rings. The zero-order valence-corrected chi connectivity index (χ0v) is 11.9. The van der Waals surface area contributed by atoms with Crippen molar-refractivity contribution in [2.75, 3.05) is 32.7 Å². The van der Waals surface area contributed by atoms with Crippen molar-refractivity contribution in [3.63, 3.8) is 0 Å². The van der Waals surface area contributed by atoms with Gasteiger partial charge in [0, 0.05) is 44.3 Å². The molecule has 2 atom stereocenters. The normalized spacial score (nSPS) is 32.2. The Balaban J connectivity index is 1.50. The number of rotatable bonds is 5. The zero-order valence-electron chi connectivity index (χ0n) is 11.9. The fraction of sp³-hybridized carbons (Fsp3) is 1.00. The Kier molecular flexibility index (Phi) is 4.22. The number of fused-ring (bicyclic) bond motifs is 1. The van der Waals surface area contributed by atoms with Gasteiger partial charge in [-0.3, -0.25) is 9.80 Å². The zero-order chi connectivity index (χ0) is 12.4. The first-order valence-electron chi connectivity index (χ1n) is 8.08. The lowest BCUT2D eigenvalue weighted by atomic mass is 9.98. The topological polar surface area (TPSA) is 18.5 Å². The Labute approximate surface area is 112 Å². The summed E-state index contributed by atoms with van der Waals surface area (Å²) in [6, 6.07) is 2.49. The maximum Gasteiger partial charge on any atom is 0.0223 e. The highest BCUT2D eigenvalue weighted by molar-refractivity contribution is 4.89. The maximum atomic E-state index is 3.72. The van der Waals surface area contributed by atoms with E-state index in [9.17, 15) is 0 Å². The van der Waals surface area contributed by atoms with Crippen molar-refractivity contribution >= 4 is 0 Å². The Hall–Kier alpha value is -0.120. The molecule has 0 bridgehead atoms. The SMILES string of the molecule is CCC(CNC1CC1)N1CCN2CCCCC2C1. The minimum absolute atomic E-state index is 0.773. The second-order valence-electron chi connectivity index (χ2n) is 6.43. The molecule has 3 aliphatic rings. The van der Waals surface area contributed by atoms with E-state index < -0.39 is 0 Å². The summed E-state index contributed by atoms with van der Waals surface area (Å²) in [6.07, 6.45) is 8.43. The number of nitrogens with one attached hydrogen (secondary N) is 1. The average molecular weight is 251 g/mol. The van der Waals surface area contributed by atoms with Gasteiger partial charge in [0.2, 0.25) is 0 Å². The van der Waals surface area contributed by atoms with E-state index in [2.05, 4.69) is 22.0 Å². The first kappa shape index (κ1) is 12.9. The molecule has 3 nitrogen and oxygen atoms in total. The van der Waals surface area contributed by atoms with Crippen LogP contribution >= 0.6 is 0 Å². The summed E-state index contributed by atoms with van der Waals surface area (Å²) < 4.78 is 0. The smallest absolute Gasteiger partial charge is 0.0223 e. The van der Waals surface area contributed by atoms with Crippen LogP contribution in [0.5, 0.6) is 0 Å². The minimum atomic E-state index is 0.773. The molecule has 104 valence electrons. The third-order valence-electron chi connectivity index (χ3n) is 5.08. The number of hydrogen-bond acceptors (Lipinski definition) is 3. The molecule has 2 unspecified atom stereocenters. The molecule has 0 spiro atoms. The van der Waals surface area contributed by atoms with E-state index in [1.54, 1.807) is 0 Å². The highest BCUT2D eigenvalue weighted by atomic mass is 15.3. The maximum absolute atomic E-state index is 3.72. The quantitative estimate of drug-likeness (QED) is 0.802. The molecule has 3 rings (SSSR count). The summed E-state index contributed by atoms with van der Waals surface area (Å²) in [5.74, 6) is 0. The molecule has 0 aromatic rings. The summed E-state index contributed by atoms with van der Waals surface area (Å²) in [4.78, 5) is 5.50. The van der Waals surface area contributed by atoms with Crippen molar-refractivity contribution < 1.29 is 0 Å². The van der Waals surface area contributed by atoms with Crippen LogP contribution in [-0.2, 0) is 0 Å². The second kappa shape index (κ2) is 5.89. The first-order chi connectivity index (χ1) is 8.86. The van der Waals surface area contributed by atoms with Crippen LogP contribution in [0, 0.1) is 0 Å². The minimum Gasteiger partial charge on any atom is -0.312 e. The van der Waals surface area contributed by atoms with Crippen LogP contribution in [-0.4, -0.2) is 60.6 Å². The summed E-state index contributed by atoms with van der Waals surface area (Å²) in [6.45, 7) is 8.85. The molecule has 1 saturated carbocycles. The Bertz CT molecular complexity index is 264. The number of piperazine rings is 1. The van der Waals surface area contributed by atoms with Crippen LogP contribution in [0.2, 0.25) is 0 Å². The third kappa shape index (κ3) is 3.06. The van der Waals surface area contributed by atoms with Crippen LogP contribution in [0.1, 0.15) is 45.4 Å². The van der Waals surface area contributed by atoms with Crippen LogP contribution in [0.25, 0.3) is 0 Å². The van der Waals surface area contributed by atoms with Gasteiger partial charge in [-0.15, -0.1) is 0 Å². The van der Waals surface area contributed by atoms with E-state index in [4.69, 9.17) is 0 Å². The highest BCUT2D eigenvalue weighted by Crippen LogP contribution is 2.23. The van der Waals surface area contributed by atoms with Crippen molar-refractivity contribution in [2.45, 2.75) is 63.6 Å². The van der Waals surface area contributed by atoms with Crippen molar-refractivity contribution in [3.8, 4) is 0 Å². The van der Waals surface area contributed by atoms with E-state index in [1.165, 1.54) is 71.2 Å². The van der Waals surface area contributed by atoms with Crippen molar-refractivity contribution in [1.29, 1.82) is 0 Å². The molecule has 0 aromatic carbocycles. The summed E-state index contributed by atoms with van der Waals surface area (Å²) in [5, 5.41) is 3.72. The van der Waals surface area contributed by atoms with Gasteiger partial charge in [0.1, 0.15) is 0 Å². The average Bonchev–Trinajstić information content (AvgIpc) is 3.23. The summed E-state index contributed by atoms with van der Waals surface area (Å²) in [5.41, 5.74) is 0. The molecule has 0 amide bonds. The Morgan fingerprint density at radius 3 is 2.78 bits per heavy atom. The van der Waals surface area contributed by atoms with Gasteiger partial charge in [-0.1, -0.05) is 13.3 Å². The van der Waals surface area contributed by atoms with Gasteiger partial charge in [0.25, 0.3) is 0 Å².